The van der Waals surface area contributed by atoms with E-state index in [-0.39, 0.29) is 0 Å². The van der Waals surface area contributed by atoms with Crippen LogP contribution in [-0.2, 0) is 4.74 Å². The predicted octanol–water partition coefficient (Wildman–Crippen LogP) is 2.59. The summed E-state index contributed by atoms with van der Waals surface area (Å²) in [7, 11) is 1.58. The fourth-order valence-corrected chi connectivity index (χ4v) is 1.21. The SMILES string of the molecule is COc1ccncc1/C=C/NC(=O)OC(C)(C)C. The van der Waals surface area contributed by atoms with Crippen molar-refractivity contribution in [3.05, 3.63) is 30.2 Å². The first kappa shape index (κ1) is 14.0. The molecule has 0 aromatic carbocycles. The largest absolute Gasteiger partial charge is 0.496 e. The molecule has 0 unspecified atom stereocenters. The minimum atomic E-state index is -0.510. The van der Waals surface area contributed by atoms with Crippen molar-refractivity contribution in [1.82, 2.24) is 10.3 Å². The summed E-state index contributed by atoms with van der Waals surface area (Å²) >= 11 is 0. The number of carbonyl (C=O) groups excluding carboxylic acids is 1. The van der Waals surface area contributed by atoms with E-state index in [2.05, 4.69) is 10.3 Å². The van der Waals surface area contributed by atoms with Gasteiger partial charge in [0.05, 0.1) is 7.11 Å². The molecule has 0 aliphatic carbocycles. The summed E-state index contributed by atoms with van der Waals surface area (Å²) in [4.78, 5) is 15.3. The van der Waals surface area contributed by atoms with Crippen molar-refractivity contribution in [1.29, 1.82) is 0 Å². The van der Waals surface area contributed by atoms with Crippen molar-refractivity contribution in [2.75, 3.05) is 7.11 Å². The average Bonchev–Trinajstić information content (AvgIpc) is 2.27. The van der Waals surface area contributed by atoms with Gasteiger partial charge in [-0.2, -0.15) is 0 Å². The van der Waals surface area contributed by atoms with Gasteiger partial charge >= 0.3 is 6.09 Å². The van der Waals surface area contributed by atoms with E-state index in [0.29, 0.717) is 5.75 Å². The molecule has 98 valence electrons. The maximum Gasteiger partial charge on any atom is 0.411 e. The van der Waals surface area contributed by atoms with E-state index < -0.39 is 11.7 Å². The first-order valence-electron chi connectivity index (χ1n) is 5.56. The summed E-state index contributed by atoms with van der Waals surface area (Å²) in [5.41, 5.74) is 0.264. The Bertz CT molecular complexity index is 436. The summed E-state index contributed by atoms with van der Waals surface area (Å²) in [5.74, 6) is 0.687. The summed E-state index contributed by atoms with van der Waals surface area (Å²) in [6.45, 7) is 5.42. The van der Waals surface area contributed by atoms with Gasteiger partial charge in [-0.15, -0.1) is 0 Å². The molecule has 0 aliphatic rings. The fraction of sp³-hybridized carbons (Fsp3) is 0.385. The van der Waals surface area contributed by atoms with E-state index in [1.165, 1.54) is 6.20 Å². The lowest BCUT2D eigenvalue weighted by Gasteiger charge is -2.18. The third-order valence-electron chi connectivity index (χ3n) is 1.89. The van der Waals surface area contributed by atoms with Gasteiger partial charge in [-0.05, 0) is 32.9 Å². The number of aromatic nitrogens is 1. The van der Waals surface area contributed by atoms with Crippen LogP contribution in [0.25, 0.3) is 6.08 Å². The minimum Gasteiger partial charge on any atom is -0.496 e. The Hall–Kier alpha value is -2.04. The molecule has 1 N–H and O–H groups in total. The van der Waals surface area contributed by atoms with E-state index >= 15 is 0 Å². The van der Waals surface area contributed by atoms with Crippen LogP contribution in [0.1, 0.15) is 26.3 Å². The van der Waals surface area contributed by atoms with Crippen LogP contribution in [0.15, 0.2) is 24.7 Å². The topological polar surface area (TPSA) is 60.5 Å². The zero-order valence-electron chi connectivity index (χ0n) is 11.1. The van der Waals surface area contributed by atoms with Crippen molar-refractivity contribution in [3.8, 4) is 5.75 Å². The van der Waals surface area contributed by atoms with Crippen LogP contribution in [0, 0.1) is 0 Å². The fourth-order valence-electron chi connectivity index (χ4n) is 1.21. The highest BCUT2D eigenvalue weighted by atomic mass is 16.6. The van der Waals surface area contributed by atoms with Crippen molar-refractivity contribution in [3.63, 3.8) is 0 Å². The Kier molecular flexibility index (Phi) is 4.71. The van der Waals surface area contributed by atoms with Crippen LogP contribution in [0.3, 0.4) is 0 Å². The van der Waals surface area contributed by atoms with Crippen LogP contribution >= 0.6 is 0 Å². The third-order valence-corrected chi connectivity index (χ3v) is 1.89. The number of alkyl carbamates (subject to hydrolysis) is 1. The molecule has 0 fully saturated rings. The van der Waals surface area contributed by atoms with Gasteiger partial charge in [-0.1, -0.05) is 0 Å². The molecule has 0 atom stereocenters. The molecule has 0 bridgehead atoms. The van der Waals surface area contributed by atoms with E-state index in [0.717, 1.165) is 5.56 Å². The van der Waals surface area contributed by atoms with Gasteiger partial charge in [-0.25, -0.2) is 4.79 Å². The van der Waals surface area contributed by atoms with Crippen LogP contribution in [0.2, 0.25) is 0 Å². The minimum absolute atomic E-state index is 0.499. The molecule has 1 aromatic heterocycles. The van der Waals surface area contributed by atoms with Gasteiger partial charge < -0.3 is 9.47 Å². The molecular weight excluding hydrogens is 232 g/mol. The highest BCUT2D eigenvalue weighted by molar-refractivity contribution is 5.70. The van der Waals surface area contributed by atoms with Crippen molar-refractivity contribution >= 4 is 12.2 Å². The molecule has 5 nitrogen and oxygen atoms in total. The Morgan fingerprint density at radius 3 is 2.78 bits per heavy atom. The number of pyridine rings is 1. The normalized spacial score (nSPS) is 11.3. The molecule has 0 aliphatic heterocycles. The van der Waals surface area contributed by atoms with Crippen LogP contribution in [0.5, 0.6) is 5.75 Å². The van der Waals surface area contributed by atoms with Crippen LogP contribution in [0.4, 0.5) is 4.79 Å². The zero-order valence-corrected chi connectivity index (χ0v) is 11.1. The summed E-state index contributed by atoms with van der Waals surface area (Å²) in [6, 6.07) is 1.74. The third kappa shape index (κ3) is 4.86. The van der Waals surface area contributed by atoms with Gasteiger partial charge in [0.15, 0.2) is 0 Å². The second-order valence-electron chi connectivity index (χ2n) is 4.60. The van der Waals surface area contributed by atoms with E-state index in [4.69, 9.17) is 9.47 Å². The highest BCUT2D eigenvalue weighted by Gasteiger charge is 2.14. The van der Waals surface area contributed by atoms with Crippen LogP contribution in [-0.4, -0.2) is 23.8 Å². The van der Waals surface area contributed by atoms with Gasteiger partial charge in [-0.3, -0.25) is 10.3 Å². The monoisotopic (exact) mass is 250 g/mol. The van der Waals surface area contributed by atoms with Gasteiger partial charge in [0, 0.05) is 24.2 Å². The Morgan fingerprint density at radius 2 is 2.17 bits per heavy atom. The van der Waals surface area contributed by atoms with E-state index in [1.54, 1.807) is 52.4 Å². The van der Waals surface area contributed by atoms with Gasteiger partial charge in [0.2, 0.25) is 0 Å². The molecular formula is C13H18N2O3. The number of amides is 1. The first-order chi connectivity index (χ1) is 8.42. The second-order valence-corrected chi connectivity index (χ2v) is 4.60. The lowest BCUT2D eigenvalue weighted by molar-refractivity contribution is 0.0553. The number of carbonyl (C=O) groups is 1. The molecule has 1 rings (SSSR count). The predicted molar refractivity (Wildman–Crippen MR) is 69.2 cm³/mol. The van der Waals surface area contributed by atoms with E-state index in [9.17, 15) is 4.79 Å². The molecule has 1 amide bonds. The molecule has 0 saturated carbocycles. The smallest absolute Gasteiger partial charge is 0.411 e. The van der Waals surface area contributed by atoms with Crippen molar-refractivity contribution in [2.24, 2.45) is 0 Å². The Morgan fingerprint density at radius 1 is 1.44 bits per heavy atom. The Balaban J connectivity index is 2.57. The molecule has 0 spiro atoms. The standard InChI is InChI=1S/C13H18N2O3/c1-13(2,3)18-12(16)15-8-5-10-9-14-7-6-11(10)17-4/h5-9H,1-4H3,(H,15,16)/b8-5+. The number of hydrogen-bond acceptors (Lipinski definition) is 4. The molecule has 0 saturated heterocycles. The lowest BCUT2D eigenvalue weighted by Crippen LogP contribution is -2.29. The zero-order chi connectivity index (χ0) is 13.6. The summed E-state index contributed by atoms with van der Waals surface area (Å²) in [6.07, 6.45) is 5.97. The number of nitrogens with one attached hydrogen (secondary N) is 1. The average molecular weight is 250 g/mol. The van der Waals surface area contributed by atoms with Gasteiger partial charge in [0.1, 0.15) is 11.4 Å². The number of nitrogens with zero attached hydrogens (tertiary/aromatic N) is 1. The Labute approximate surface area is 107 Å². The summed E-state index contributed by atoms with van der Waals surface area (Å²) < 4.78 is 10.2. The molecule has 18 heavy (non-hydrogen) atoms. The number of rotatable bonds is 3. The van der Waals surface area contributed by atoms with Gasteiger partial charge in [0.25, 0.3) is 0 Å². The quantitative estimate of drug-likeness (QED) is 0.895. The number of ether oxygens (including phenoxy) is 2. The van der Waals surface area contributed by atoms with Crippen LogP contribution < -0.4 is 10.1 Å². The first-order valence-corrected chi connectivity index (χ1v) is 5.56. The maximum absolute atomic E-state index is 11.4. The van der Waals surface area contributed by atoms with Crippen molar-refractivity contribution < 1.29 is 14.3 Å². The van der Waals surface area contributed by atoms with Crippen molar-refractivity contribution in [2.45, 2.75) is 26.4 Å². The lowest BCUT2D eigenvalue weighted by atomic mass is 10.2. The number of hydrogen-bond donors (Lipinski definition) is 1. The molecule has 1 heterocycles. The second kappa shape index (κ2) is 6.05. The van der Waals surface area contributed by atoms with E-state index in [1.807, 2.05) is 0 Å². The number of methoxy groups -OCH3 is 1. The molecule has 1 aromatic rings. The molecule has 5 heteroatoms. The molecule has 0 radical (unpaired) electrons. The maximum atomic E-state index is 11.4. The highest BCUT2D eigenvalue weighted by Crippen LogP contribution is 2.16. The summed E-state index contributed by atoms with van der Waals surface area (Å²) in [5, 5.41) is 2.51.